The second kappa shape index (κ2) is 6.74. The first-order valence-corrected chi connectivity index (χ1v) is 9.54. The Kier molecular flexibility index (Phi) is 4.42. The maximum absolute atomic E-state index is 12.6. The maximum Gasteiger partial charge on any atom is 0.234 e. The molecule has 0 aliphatic rings. The Morgan fingerprint density at radius 2 is 1.58 bits per heavy atom. The number of fused-ring (bicyclic) bond motifs is 1. The fraction of sp³-hybridized carbons (Fsp3) is 0. The fourth-order valence-electron chi connectivity index (χ4n) is 3.11. The second-order valence-corrected chi connectivity index (χ2v) is 7.53. The second-order valence-electron chi connectivity index (χ2n) is 5.89. The van der Waals surface area contributed by atoms with Crippen LogP contribution in [0, 0.1) is 5.21 Å². The van der Waals surface area contributed by atoms with Gasteiger partial charge < -0.3 is 10.3 Å². The third-order valence-electron chi connectivity index (χ3n) is 4.34. The lowest BCUT2D eigenvalue weighted by Crippen LogP contribution is -2.28. The molecule has 0 atom stereocenters. The zero-order valence-electron chi connectivity index (χ0n) is 13.5. The van der Waals surface area contributed by atoms with Gasteiger partial charge in [0.05, 0.1) is 15.4 Å². The summed E-state index contributed by atoms with van der Waals surface area (Å²) in [7, 11) is 0. The first-order chi connectivity index (χ1) is 12.6. The molecule has 5 heteroatoms. The topological polar surface area (TPSA) is 47.2 Å². The van der Waals surface area contributed by atoms with Crippen molar-refractivity contribution in [2.45, 2.75) is 0 Å². The molecular weight excluding hydrogens is 458 g/mol. The number of phenols is 1. The molecule has 0 aliphatic heterocycles. The predicted molar refractivity (Wildman–Crippen MR) is 111 cm³/mol. The van der Waals surface area contributed by atoms with Crippen LogP contribution in [0.1, 0.15) is 0 Å². The average molecular weight is 471 g/mol. The summed E-state index contributed by atoms with van der Waals surface area (Å²) in [5.74, 6) is 0.0994. The molecule has 4 aromatic rings. The van der Waals surface area contributed by atoms with Gasteiger partial charge in [-0.15, -0.1) is 0 Å². The van der Waals surface area contributed by atoms with Crippen molar-refractivity contribution in [3.05, 3.63) is 87.1 Å². The van der Waals surface area contributed by atoms with Gasteiger partial charge in [0.1, 0.15) is 5.75 Å². The van der Waals surface area contributed by atoms with E-state index in [2.05, 4.69) is 31.9 Å². The molecule has 3 aromatic carbocycles. The molecule has 1 N–H and O–H groups in total. The van der Waals surface area contributed by atoms with E-state index in [9.17, 15) is 10.3 Å². The van der Waals surface area contributed by atoms with Crippen molar-refractivity contribution in [1.82, 2.24) is 0 Å². The number of hydrogen-bond donors (Lipinski definition) is 1. The van der Waals surface area contributed by atoms with Crippen LogP contribution in [0.15, 0.2) is 81.9 Å². The first-order valence-electron chi connectivity index (χ1n) is 7.95. The lowest BCUT2D eigenvalue weighted by molar-refractivity contribution is -0.592. The predicted octanol–water partition coefficient (Wildman–Crippen LogP) is 6.04. The van der Waals surface area contributed by atoms with Crippen LogP contribution in [0.2, 0.25) is 0 Å². The molecular formula is C21H13Br2NO2. The van der Waals surface area contributed by atoms with Crippen molar-refractivity contribution in [2.24, 2.45) is 0 Å². The van der Waals surface area contributed by atoms with Crippen molar-refractivity contribution in [3.63, 3.8) is 0 Å². The number of hydrogen-bond acceptors (Lipinski definition) is 2. The molecule has 0 aliphatic carbocycles. The summed E-state index contributed by atoms with van der Waals surface area (Å²) in [4.78, 5) is 0. The van der Waals surface area contributed by atoms with Crippen molar-refractivity contribution in [1.29, 1.82) is 0 Å². The number of benzene rings is 3. The molecule has 0 amide bonds. The molecule has 26 heavy (non-hydrogen) atoms. The Labute approximate surface area is 167 Å². The Morgan fingerprint density at radius 3 is 2.35 bits per heavy atom. The molecule has 0 bridgehead atoms. The molecule has 0 saturated carbocycles. The van der Waals surface area contributed by atoms with E-state index in [0.29, 0.717) is 21.3 Å². The Bertz CT molecular complexity index is 1130. The number of aromatic nitrogens is 1. The first kappa shape index (κ1) is 17.1. The van der Waals surface area contributed by atoms with Crippen molar-refractivity contribution in [2.75, 3.05) is 0 Å². The molecule has 0 spiro atoms. The van der Waals surface area contributed by atoms with E-state index >= 15 is 0 Å². The molecule has 3 nitrogen and oxygen atoms in total. The molecule has 0 saturated heterocycles. The van der Waals surface area contributed by atoms with E-state index in [0.717, 1.165) is 25.5 Å². The number of nitrogens with zero attached hydrogens (tertiary/aromatic N) is 1. The van der Waals surface area contributed by atoms with Gasteiger partial charge in [0.2, 0.25) is 5.69 Å². The van der Waals surface area contributed by atoms with Gasteiger partial charge in [-0.05, 0) is 54.9 Å². The largest absolute Gasteiger partial charge is 0.618 e. The van der Waals surface area contributed by atoms with Gasteiger partial charge in [0.15, 0.2) is 6.20 Å². The Balaban J connectivity index is 2.03. The minimum Gasteiger partial charge on any atom is -0.618 e. The molecule has 0 radical (unpaired) electrons. The van der Waals surface area contributed by atoms with Gasteiger partial charge in [-0.3, -0.25) is 0 Å². The zero-order chi connectivity index (χ0) is 18.3. The third kappa shape index (κ3) is 2.77. The monoisotopic (exact) mass is 469 g/mol. The van der Waals surface area contributed by atoms with E-state index in [1.165, 1.54) is 6.20 Å². The summed E-state index contributed by atoms with van der Waals surface area (Å²) in [5, 5.41) is 25.2. The van der Waals surface area contributed by atoms with Crippen LogP contribution < -0.4 is 4.73 Å². The summed E-state index contributed by atoms with van der Waals surface area (Å²) < 4.78 is 2.03. The number of pyridine rings is 1. The summed E-state index contributed by atoms with van der Waals surface area (Å²) in [6.45, 7) is 0. The number of rotatable bonds is 2. The number of halogens is 2. The fourth-order valence-corrected chi connectivity index (χ4v) is 4.60. The highest BCUT2D eigenvalue weighted by molar-refractivity contribution is 9.11. The lowest BCUT2D eigenvalue weighted by atomic mass is 9.99. The van der Waals surface area contributed by atoms with Crippen LogP contribution in [-0.2, 0) is 0 Å². The Morgan fingerprint density at radius 1 is 0.885 bits per heavy atom. The van der Waals surface area contributed by atoms with Gasteiger partial charge in [-0.2, -0.15) is 4.73 Å². The van der Waals surface area contributed by atoms with Crippen molar-refractivity contribution < 1.29 is 9.84 Å². The molecule has 0 unspecified atom stereocenters. The normalized spacial score (nSPS) is 11.0. The van der Waals surface area contributed by atoms with Crippen LogP contribution in [0.25, 0.3) is 33.2 Å². The standard InChI is InChI=1S/C21H13Br2NO2/c22-17-12-16(13-6-2-1-3-7-13)21(25)19(23)18(17)20-15-9-5-4-8-14(15)10-11-24(20)26/h1-12,25H. The van der Waals surface area contributed by atoms with E-state index < -0.39 is 0 Å². The summed E-state index contributed by atoms with van der Waals surface area (Å²) in [6, 6.07) is 20.9. The van der Waals surface area contributed by atoms with Crippen LogP contribution in [0.5, 0.6) is 5.75 Å². The van der Waals surface area contributed by atoms with E-state index in [-0.39, 0.29) is 5.75 Å². The molecule has 1 heterocycles. The van der Waals surface area contributed by atoms with Crippen molar-refractivity contribution >= 4 is 42.6 Å². The van der Waals surface area contributed by atoms with Gasteiger partial charge in [0, 0.05) is 16.1 Å². The summed E-state index contributed by atoms with van der Waals surface area (Å²) in [6.07, 6.45) is 1.48. The van der Waals surface area contributed by atoms with Gasteiger partial charge in [0.25, 0.3) is 0 Å². The van der Waals surface area contributed by atoms with E-state index in [1.54, 1.807) is 6.07 Å². The SMILES string of the molecule is [O-][n+]1ccc2ccccc2c1-c1c(Br)cc(-c2ccccc2)c(O)c1Br. The lowest BCUT2D eigenvalue weighted by Gasteiger charge is -2.15. The smallest absolute Gasteiger partial charge is 0.234 e. The van der Waals surface area contributed by atoms with Gasteiger partial charge in [-0.1, -0.05) is 48.5 Å². The highest BCUT2D eigenvalue weighted by atomic mass is 79.9. The van der Waals surface area contributed by atoms with Crippen LogP contribution >= 0.6 is 31.9 Å². The van der Waals surface area contributed by atoms with E-state index in [1.807, 2.05) is 60.7 Å². The van der Waals surface area contributed by atoms with Crippen LogP contribution in [-0.4, -0.2) is 5.11 Å². The highest BCUT2D eigenvalue weighted by Gasteiger charge is 2.24. The molecule has 0 fully saturated rings. The molecule has 4 rings (SSSR count). The number of phenolic OH excluding ortho intramolecular Hbond substituents is 1. The van der Waals surface area contributed by atoms with Gasteiger partial charge in [-0.25, -0.2) is 0 Å². The van der Waals surface area contributed by atoms with E-state index in [4.69, 9.17) is 0 Å². The summed E-state index contributed by atoms with van der Waals surface area (Å²) in [5.41, 5.74) is 2.68. The minimum atomic E-state index is 0.0994. The maximum atomic E-state index is 12.6. The molecule has 1 aromatic heterocycles. The minimum absolute atomic E-state index is 0.0994. The zero-order valence-corrected chi connectivity index (χ0v) is 16.7. The van der Waals surface area contributed by atoms with Crippen LogP contribution in [0.4, 0.5) is 0 Å². The number of aromatic hydroxyl groups is 1. The third-order valence-corrected chi connectivity index (χ3v) is 5.74. The quantitative estimate of drug-likeness (QED) is 0.287. The summed E-state index contributed by atoms with van der Waals surface area (Å²) >= 11 is 7.10. The van der Waals surface area contributed by atoms with Crippen molar-refractivity contribution in [3.8, 4) is 28.1 Å². The highest BCUT2D eigenvalue weighted by Crippen LogP contribution is 2.46. The Hall–Kier alpha value is -2.37. The average Bonchev–Trinajstić information content (AvgIpc) is 2.67. The molecule has 128 valence electrons. The van der Waals surface area contributed by atoms with Crippen LogP contribution in [0.3, 0.4) is 0 Å². The van der Waals surface area contributed by atoms with Gasteiger partial charge >= 0.3 is 0 Å².